The van der Waals surface area contributed by atoms with E-state index in [2.05, 4.69) is 50.5 Å². The summed E-state index contributed by atoms with van der Waals surface area (Å²) < 4.78 is 2.03. The highest BCUT2D eigenvalue weighted by atomic mass is 127. The quantitative estimate of drug-likeness (QED) is 0.643. The lowest BCUT2D eigenvalue weighted by Crippen LogP contribution is -2.30. The molecule has 2 rings (SSSR count). The molecule has 20 heavy (non-hydrogen) atoms. The SMILES string of the molecule is O=C(N[C@H](CO)c1ccccc1)c1cc(I)cc(I)c1. The summed E-state index contributed by atoms with van der Waals surface area (Å²) in [5.74, 6) is -0.177. The van der Waals surface area contributed by atoms with Gasteiger partial charge in [-0.15, -0.1) is 0 Å². The summed E-state index contributed by atoms with van der Waals surface area (Å²) in [4.78, 5) is 12.3. The maximum Gasteiger partial charge on any atom is 0.251 e. The highest BCUT2D eigenvalue weighted by molar-refractivity contribution is 14.1. The van der Waals surface area contributed by atoms with Crippen LogP contribution in [0.25, 0.3) is 0 Å². The summed E-state index contributed by atoms with van der Waals surface area (Å²) in [5, 5.41) is 12.3. The Kier molecular flexibility index (Phi) is 5.79. The van der Waals surface area contributed by atoms with Crippen molar-refractivity contribution in [2.24, 2.45) is 0 Å². The lowest BCUT2D eigenvalue weighted by molar-refractivity contribution is 0.0916. The van der Waals surface area contributed by atoms with Crippen LogP contribution in [0, 0.1) is 7.14 Å². The molecule has 0 saturated heterocycles. The second-order valence-electron chi connectivity index (χ2n) is 4.28. The maximum absolute atomic E-state index is 12.3. The summed E-state index contributed by atoms with van der Waals surface area (Å²) in [6.45, 7) is -0.128. The molecule has 0 saturated carbocycles. The summed E-state index contributed by atoms with van der Waals surface area (Å²) in [6.07, 6.45) is 0. The molecule has 0 fully saturated rings. The Balaban J connectivity index is 2.17. The summed E-state index contributed by atoms with van der Waals surface area (Å²) in [5.41, 5.74) is 1.50. The zero-order valence-electron chi connectivity index (χ0n) is 10.5. The normalized spacial score (nSPS) is 11.9. The van der Waals surface area contributed by atoms with E-state index in [-0.39, 0.29) is 18.6 Å². The molecule has 0 aromatic heterocycles. The molecule has 0 aliphatic rings. The molecule has 1 atom stereocenters. The fourth-order valence-corrected chi connectivity index (χ4v) is 3.78. The van der Waals surface area contributed by atoms with Crippen LogP contribution in [-0.4, -0.2) is 17.6 Å². The second-order valence-corrected chi connectivity index (χ2v) is 6.77. The van der Waals surface area contributed by atoms with E-state index in [1.54, 1.807) is 0 Å². The number of aliphatic hydroxyl groups is 1. The molecule has 0 aliphatic carbocycles. The molecule has 0 aliphatic heterocycles. The van der Waals surface area contributed by atoms with Crippen LogP contribution >= 0.6 is 45.2 Å². The lowest BCUT2D eigenvalue weighted by Gasteiger charge is -2.17. The van der Waals surface area contributed by atoms with Crippen LogP contribution in [-0.2, 0) is 0 Å². The zero-order chi connectivity index (χ0) is 14.5. The van der Waals surface area contributed by atoms with Crippen LogP contribution < -0.4 is 5.32 Å². The third kappa shape index (κ3) is 4.16. The number of hydrogen-bond donors (Lipinski definition) is 2. The molecule has 104 valence electrons. The number of carbonyl (C=O) groups excluding carboxylic acids is 1. The van der Waals surface area contributed by atoms with Gasteiger partial charge in [0, 0.05) is 12.7 Å². The number of aliphatic hydroxyl groups excluding tert-OH is 1. The largest absolute Gasteiger partial charge is 0.394 e. The van der Waals surface area contributed by atoms with Crippen molar-refractivity contribution in [1.82, 2.24) is 5.32 Å². The van der Waals surface area contributed by atoms with Gasteiger partial charge in [-0.25, -0.2) is 0 Å². The Hall–Kier alpha value is -0.670. The van der Waals surface area contributed by atoms with Gasteiger partial charge in [0.15, 0.2) is 0 Å². The Morgan fingerprint density at radius 3 is 2.25 bits per heavy atom. The van der Waals surface area contributed by atoms with E-state index in [1.165, 1.54) is 0 Å². The molecule has 2 N–H and O–H groups in total. The predicted octanol–water partition coefficient (Wildman–Crippen LogP) is 3.36. The van der Waals surface area contributed by atoms with Crippen LogP contribution in [0.3, 0.4) is 0 Å². The first kappa shape index (κ1) is 15.7. The number of carbonyl (C=O) groups is 1. The number of halogens is 2. The molecule has 1 amide bonds. The first-order valence-electron chi connectivity index (χ1n) is 6.03. The fourth-order valence-electron chi connectivity index (χ4n) is 1.85. The van der Waals surface area contributed by atoms with Gasteiger partial charge in [-0.1, -0.05) is 30.3 Å². The average Bonchev–Trinajstić information content (AvgIpc) is 2.44. The van der Waals surface area contributed by atoms with Gasteiger partial charge in [0.05, 0.1) is 12.6 Å². The van der Waals surface area contributed by atoms with Crippen molar-refractivity contribution >= 4 is 51.1 Å². The van der Waals surface area contributed by atoms with Crippen molar-refractivity contribution in [1.29, 1.82) is 0 Å². The Morgan fingerprint density at radius 1 is 1.10 bits per heavy atom. The van der Waals surface area contributed by atoms with E-state index in [1.807, 2.05) is 48.5 Å². The number of benzene rings is 2. The maximum atomic E-state index is 12.3. The van der Waals surface area contributed by atoms with E-state index in [4.69, 9.17) is 0 Å². The fraction of sp³-hybridized carbons (Fsp3) is 0.133. The Labute approximate surface area is 145 Å². The number of rotatable bonds is 4. The van der Waals surface area contributed by atoms with Gasteiger partial charge in [-0.2, -0.15) is 0 Å². The van der Waals surface area contributed by atoms with Gasteiger partial charge < -0.3 is 10.4 Å². The lowest BCUT2D eigenvalue weighted by atomic mass is 10.1. The van der Waals surface area contributed by atoms with Crippen LogP contribution in [0.15, 0.2) is 48.5 Å². The van der Waals surface area contributed by atoms with E-state index < -0.39 is 0 Å². The van der Waals surface area contributed by atoms with Gasteiger partial charge in [-0.3, -0.25) is 4.79 Å². The van der Waals surface area contributed by atoms with Crippen LogP contribution in [0.1, 0.15) is 22.0 Å². The minimum atomic E-state index is -0.390. The zero-order valence-corrected chi connectivity index (χ0v) is 14.8. The van der Waals surface area contributed by atoms with Gasteiger partial charge in [0.2, 0.25) is 0 Å². The topological polar surface area (TPSA) is 49.3 Å². The molecule has 2 aromatic rings. The predicted molar refractivity (Wildman–Crippen MR) is 95.6 cm³/mol. The molecule has 2 aromatic carbocycles. The molecule has 5 heteroatoms. The van der Waals surface area contributed by atoms with Crippen molar-refractivity contribution in [3.63, 3.8) is 0 Å². The van der Waals surface area contributed by atoms with Crippen molar-refractivity contribution in [2.45, 2.75) is 6.04 Å². The van der Waals surface area contributed by atoms with Crippen molar-refractivity contribution in [2.75, 3.05) is 6.61 Å². The van der Waals surface area contributed by atoms with Gasteiger partial charge >= 0.3 is 0 Å². The highest BCUT2D eigenvalue weighted by Crippen LogP contribution is 2.16. The summed E-state index contributed by atoms with van der Waals surface area (Å²) in [7, 11) is 0. The molecule has 0 bridgehead atoms. The number of amides is 1. The number of hydrogen-bond acceptors (Lipinski definition) is 2. The third-order valence-corrected chi connectivity index (χ3v) is 4.06. The summed E-state index contributed by atoms with van der Waals surface area (Å²) >= 11 is 4.37. The van der Waals surface area contributed by atoms with E-state index in [0.29, 0.717) is 5.56 Å². The first-order chi connectivity index (χ1) is 9.60. The third-order valence-electron chi connectivity index (χ3n) is 2.81. The van der Waals surface area contributed by atoms with Gasteiger partial charge in [-0.05, 0) is 68.9 Å². The van der Waals surface area contributed by atoms with Crippen molar-refractivity contribution in [3.05, 3.63) is 66.8 Å². The standard InChI is InChI=1S/C15H13I2NO2/c16-12-6-11(7-13(17)8-12)15(20)18-14(9-19)10-4-2-1-3-5-10/h1-8,14,19H,9H2,(H,18,20)/t14-/m1/s1. The summed E-state index contributed by atoms with van der Waals surface area (Å²) in [6, 6.07) is 14.7. The highest BCUT2D eigenvalue weighted by Gasteiger charge is 2.15. The smallest absolute Gasteiger partial charge is 0.251 e. The van der Waals surface area contributed by atoms with Crippen molar-refractivity contribution in [3.8, 4) is 0 Å². The van der Waals surface area contributed by atoms with Gasteiger partial charge in [0.1, 0.15) is 0 Å². The minimum absolute atomic E-state index is 0.128. The van der Waals surface area contributed by atoms with E-state index >= 15 is 0 Å². The van der Waals surface area contributed by atoms with Crippen LogP contribution in [0.5, 0.6) is 0 Å². The Morgan fingerprint density at radius 2 is 1.70 bits per heavy atom. The molecule has 3 nitrogen and oxygen atoms in total. The minimum Gasteiger partial charge on any atom is -0.394 e. The van der Waals surface area contributed by atoms with Crippen molar-refractivity contribution < 1.29 is 9.90 Å². The van der Waals surface area contributed by atoms with Crippen LogP contribution in [0.2, 0.25) is 0 Å². The molecule has 0 spiro atoms. The first-order valence-corrected chi connectivity index (χ1v) is 8.18. The Bertz CT molecular complexity index is 582. The molecular weight excluding hydrogens is 480 g/mol. The van der Waals surface area contributed by atoms with Crippen LogP contribution in [0.4, 0.5) is 0 Å². The number of nitrogens with one attached hydrogen (secondary N) is 1. The molecule has 0 radical (unpaired) electrons. The average molecular weight is 493 g/mol. The van der Waals surface area contributed by atoms with E-state index in [0.717, 1.165) is 12.7 Å². The van der Waals surface area contributed by atoms with Gasteiger partial charge in [0.25, 0.3) is 5.91 Å². The molecule has 0 heterocycles. The van der Waals surface area contributed by atoms with E-state index in [9.17, 15) is 9.90 Å². The second kappa shape index (κ2) is 7.37. The molecular formula is C15H13I2NO2. The monoisotopic (exact) mass is 493 g/mol. The molecule has 0 unspecified atom stereocenters.